The predicted octanol–water partition coefficient (Wildman–Crippen LogP) is 8.97. The Kier molecular flexibility index (Phi) is 28.8. The Balaban J connectivity index is 4.05. The number of hydrogen-bond donors (Lipinski definition) is 0. The third-order valence-corrected chi connectivity index (χ3v) is 7.35. The molecule has 0 N–H and O–H groups in total. The van der Waals surface area contributed by atoms with E-state index in [1.165, 1.54) is 96.3 Å². The third kappa shape index (κ3) is 27.1. The summed E-state index contributed by atoms with van der Waals surface area (Å²) < 4.78 is 21.3. The van der Waals surface area contributed by atoms with Gasteiger partial charge in [-0.15, -0.1) is 0 Å². The molecule has 0 fully saturated rings. The van der Waals surface area contributed by atoms with Gasteiger partial charge in [-0.05, 0) is 25.1 Å². The SMILES string of the molecule is CCCCCCCCCCCCOCC(OC(=O)CC)C(=S)OC(=O)CC(=O)OCCCCCCCCCCCC. The molecule has 0 bridgehead atoms. The smallest absolute Gasteiger partial charge is 0.323 e. The Morgan fingerprint density at radius 2 is 1.00 bits per heavy atom. The lowest BCUT2D eigenvalue weighted by Crippen LogP contribution is -2.34. The summed E-state index contributed by atoms with van der Waals surface area (Å²) in [5, 5.41) is -0.206. The summed E-state index contributed by atoms with van der Waals surface area (Å²) in [6.45, 7) is 6.94. The minimum atomic E-state index is -0.979. The molecule has 0 amide bonds. The molecule has 0 rings (SSSR count). The first-order valence-corrected chi connectivity index (χ1v) is 17.0. The molecule has 0 heterocycles. The lowest BCUT2D eigenvalue weighted by atomic mass is 10.1. The van der Waals surface area contributed by atoms with Gasteiger partial charge in [0.05, 0.1) is 13.2 Å². The van der Waals surface area contributed by atoms with E-state index in [4.69, 9.17) is 31.2 Å². The molecular weight excluding hydrogens is 540 g/mol. The Hall–Kier alpha value is -1.54. The van der Waals surface area contributed by atoms with Crippen LogP contribution in [0.5, 0.6) is 0 Å². The Labute approximate surface area is 256 Å². The van der Waals surface area contributed by atoms with Crippen molar-refractivity contribution >= 4 is 35.2 Å². The highest BCUT2D eigenvalue weighted by atomic mass is 32.1. The number of esters is 3. The van der Waals surface area contributed by atoms with Crippen LogP contribution in [0, 0.1) is 0 Å². The van der Waals surface area contributed by atoms with Crippen LogP contribution in [0.15, 0.2) is 0 Å². The fourth-order valence-corrected chi connectivity index (χ4v) is 4.64. The summed E-state index contributed by atoms with van der Waals surface area (Å²) in [6, 6.07) is 0. The van der Waals surface area contributed by atoms with Gasteiger partial charge in [-0.25, -0.2) is 0 Å². The summed E-state index contributed by atoms with van der Waals surface area (Å²) >= 11 is 5.19. The van der Waals surface area contributed by atoms with Crippen LogP contribution in [0.1, 0.15) is 162 Å². The minimum Gasteiger partial charge on any atom is -0.465 e. The third-order valence-electron chi connectivity index (χ3n) is 7.00. The molecule has 0 aromatic heterocycles. The van der Waals surface area contributed by atoms with Crippen molar-refractivity contribution in [2.45, 2.75) is 168 Å². The molecule has 0 saturated carbocycles. The standard InChI is InChI=1S/C33H60O7S/c1-4-7-9-11-13-15-17-19-21-23-25-37-28-29(39-30(34)6-3)33(41)40-32(36)27-31(35)38-26-24-22-20-18-16-14-12-10-8-5-2/h29H,4-28H2,1-3H3. The van der Waals surface area contributed by atoms with Crippen molar-refractivity contribution in [1.82, 2.24) is 0 Å². The first-order chi connectivity index (χ1) is 19.9. The molecule has 1 unspecified atom stereocenters. The van der Waals surface area contributed by atoms with Crippen molar-refractivity contribution in [2.75, 3.05) is 19.8 Å². The second kappa shape index (κ2) is 29.9. The molecule has 0 spiro atoms. The van der Waals surface area contributed by atoms with Gasteiger partial charge in [0.25, 0.3) is 0 Å². The van der Waals surface area contributed by atoms with E-state index >= 15 is 0 Å². The Morgan fingerprint density at radius 1 is 0.561 bits per heavy atom. The number of hydrogen-bond acceptors (Lipinski definition) is 8. The Bertz CT molecular complexity index is 668. The van der Waals surface area contributed by atoms with E-state index in [-0.39, 0.29) is 24.7 Å². The van der Waals surface area contributed by atoms with Crippen LogP contribution < -0.4 is 0 Å². The summed E-state index contributed by atoms with van der Waals surface area (Å²) in [7, 11) is 0. The molecule has 0 saturated heterocycles. The van der Waals surface area contributed by atoms with Gasteiger partial charge in [-0.2, -0.15) is 0 Å². The first kappa shape index (κ1) is 39.5. The highest BCUT2D eigenvalue weighted by Crippen LogP contribution is 2.12. The molecule has 240 valence electrons. The van der Waals surface area contributed by atoms with Gasteiger partial charge in [0.1, 0.15) is 6.42 Å². The molecule has 8 heteroatoms. The zero-order valence-electron chi connectivity index (χ0n) is 26.5. The van der Waals surface area contributed by atoms with Gasteiger partial charge < -0.3 is 18.9 Å². The van der Waals surface area contributed by atoms with Crippen molar-refractivity contribution in [3.8, 4) is 0 Å². The minimum absolute atomic E-state index is 0.0124. The van der Waals surface area contributed by atoms with E-state index < -0.39 is 30.4 Å². The van der Waals surface area contributed by atoms with Crippen molar-refractivity contribution in [1.29, 1.82) is 0 Å². The molecule has 0 aliphatic heterocycles. The summed E-state index contributed by atoms with van der Waals surface area (Å²) in [5.74, 6) is -1.94. The van der Waals surface area contributed by atoms with Gasteiger partial charge in [0.2, 0.25) is 5.05 Å². The predicted molar refractivity (Wildman–Crippen MR) is 169 cm³/mol. The van der Waals surface area contributed by atoms with Crippen LogP contribution in [0.2, 0.25) is 0 Å². The van der Waals surface area contributed by atoms with Crippen LogP contribution in [0.3, 0.4) is 0 Å². The largest absolute Gasteiger partial charge is 0.465 e. The summed E-state index contributed by atoms with van der Waals surface area (Å²) in [4.78, 5) is 36.1. The van der Waals surface area contributed by atoms with Gasteiger partial charge in [-0.1, -0.05) is 136 Å². The van der Waals surface area contributed by atoms with Gasteiger partial charge in [0, 0.05) is 13.0 Å². The molecule has 1 atom stereocenters. The number of carbonyl (C=O) groups excluding carboxylic acids is 3. The zero-order chi connectivity index (χ0) is 30.4. The zero-order valence-corrected chi connectivity index (χ0v) is 27.3. The van der Waals surface area contributed by atoms with E-state index in [1.54, 1.807) is 6.92 Å². The fraction of sp³-hybridized carbons (Fsp3) is 0.879. The highest BCUT2D eigenvalue weighted by molar-refractivity contribution is 7.80. The van der Waals surface area contributed by atoms with Gasteiger partial charge in [0.15, 0.2) is 6.10 Å². The quantitative estimate of drug-likeness (QED) is 0.0276. The molecular formula is C33H60O7S. The molecule has 7 nitrogen and oxygen atoms in total. The highest BCUT2D eigenvalue weighted by Gasteiger charge is 2.24. The summed E-state index contributed by atoms with van der Waals surface area (Å²) in [5.41, 5.74) is 0. The van der Waals surface area contributed by atoms with Crippen LogP contribution in [-0.2, 0) is 33.3 Å². The topological polar surface area (TPSA) is 88.1 Å². The van der Waals surface area contributed by atoms with E-state index in [9.17, 15) is 14.4 Å². The van der Waals surface area contributed by atoms with Crippen LogP contribution in [0.4, 0.5) is 0 Å². The lowest BCUT2D eigenvalue weighted by molar-refractivity contribution is -0.154. The maximum atomic E-state index is 12.2. The number of unbranched alkanes of at least 4 members (excludes halogenated alkanes) is 18. The first-order valence-electron chi connectivity index (χ1n) is 16.6. The molecule has 0 radical (unpaired) electrons. The molecule has 0 aromatic rings. The second-order valence-corrected chi connectivity index (χ2v) is 11.4. The number of thiocarbonyl (C=S) groups is 1. The van der Waals surface area contributed by atoms with E-state index in [0.29, 0.717) is 6.61 Å². The average molecular weight is 601 g/mol. The average Bonchev–Trinajstić information content (AvgIpc) is 2.95. The van der Waals surface area contributed by atoms with Crippen molar-refractivity contribution < 1.29 is 33.3 Å². The van der Waals surface area contributed by atoms with E-state index in [2.05, 4.69) is 13.8 Å². The van der Waals surface area contributed by atoms with E-state index in [0.717, 1.165) is 32.1 Å². The van der Waals surface area contributed by atoms with Gasteiger partial charge >= 0.3 is 17.9 Å². The second-order valence-electron chi connectivity index (χ2n) is 11.0. The van der Waals surface area contributed by atoms with E-state index in [1.807, 2.05) is 0 Å². The molecule has 0 aliphatic rings. The van der Waals surface area contributed by atoms with Crippen LogP contribution in [-0.4, -0.2) is 48.9 Å². The summed E-state index contributed by atoms with van der Waals surface area (Å²) in [6.07, 6.45) is 22.8. The number of rotatable bonds is 29. The molecule has 0 aliphatic carbocycles. The van der Waals surface area contributed by atoms with Crippen LogP contribution in [0.25, 0.3) is 0 Å². The van der Waals surface area contributed by atoms with Gasteiger partial charge in [-0.3, -0.25) is 14.4 Å². The maximum absolute atomic E-state index is 12.2. The monoisotopic (exact) mass is 600 g/mol. The normalized spacial score (nSPS) is 11.7. The van der Waals surface area contributed by atoms with Crippen molar-refractivity contribution in [2.24, 2.45) is 0 Å². The maximum Gasteiger partial charge on any atom is 0.323 e. The lowest BCUT2D eigenvalue weighted by Gasteiger charge is -2.18. The van der Waals surface area contributed by atoms with Crippen molar-refractivity contribution in [3.63, 3.8) is 0 Å². The Morgan fingerprint density at radius 3 is 1.46 bits per heavy atom. The number of carbonyl (C=O) groups is 3. The molecule has 41 heavy (non-hydrogen) atoms. The van der Waals surface area contributed by atoms with Crippen LogP contribution >= 0.6 is 12.2 Å². The number of ether oxygens (including phenoxy) is 4. The van der Waals surface area contributed by atoms with Crippen molar-refractivity contribution in [3.05, 3.63) is 0 Å². The molecule has 0 aromatic carbocycles. The fourth-order valence-electron chi connectivity index (χ4n) is 4.43.